The Balaban J connectivity index is 1.62. The van der Waals surface area contributed by atoms with E-state index in [4.69, 9.17) is 8.83 Å². The zero-order chi connectivity index (χ0) is 18.7. The zero-order valence-corrected chi connectivity index (χ0v) is 16.3. The number of hydrogen-bond acceptors (Lipinski definition) is 8. The second kappa shape index (κ2) is 7.83. The molecule has 26 heavy (non-hydrogen) atoms. The predicted octanol–water partition coefficient (Wildman–Crippen LogP) is 2.09. The highest BCUT2D eigenvalue weighted by atomic mass is 32.2. The molecule has 8 nitrogen and oxygen atoms in total. The summed E-state index contributed by atoms with van der Waals surface area (Å²) in [4.78, 5) is 14.4. The third kappa shape index (κ3) is 4.67. The van der Waals surface area contributed by atoms with Crippen molar-refractivity contribution in [2.24, 2.45) is 5.92 Å². The van der Waals surface area contributed by atoms with Crippen molar-refractivity contribution in [1.29, 1.82) is 0 Å². The summed E-state index contributed by atoms with van der Waals surface area (Å²) in [5.74, 6) is 1.15. The largest absolute Gasteiger partial charge is 0.459 e. The molecule has 3 rings (SSSR count). The minimum atomic E-state index is -3.05. The number of carbonyl (C=O) groups excluding carboxylic acids is 1. The number of nitrogens with zero attached hydrogens (tertiary/aromatic N) is 3. The minimum absolute atomic E-state index is 0.0410. The summed E-state index contributed by atoms with van der Waals surface area (Å²) in [5, 5.41) is 8.07. The first-order valence-electron chi connectivity index (χ1n) is 8.34. The van der Waals surface area contributed by atoms with Gasteiger partial charge in [0.1, 0.15) is 0 Å². The van der Waals surface area contributed by atoms with Crippen LogP contribution in [0.25, 0.3) is 11.7 Å². The van der Waals surface area contributed by atoms with Gasteiger partial charge in [-0.2, -0.15) is 0 Å². The van der Waals surface area contributed by atoms with E-state index in [1.807, 2.05) is 13.8 Å². The standard InChI is InChI=1S/C16H21N3O5S2/c1-11(2)8-19(12-5-7-26(21,22)10-12)14(20)9-25-16-18-17-15(24-16)13-4-3-6-23-13/h3-4,6,11-12H,5,7-10H2,1-2H3/t12-/m0/s1. The van der Waals surface area contributed by atoms with Crippen LogP contribution < -0.4 is 0 Å². The number of carbonyl (C=O) groups is 1. The molecule has 2 aromatic rings. The van der Waals surface area contributed by atoms with Crippen LogP contribution in [0.15, 0.2) is 32.5 Å². The Morgan fingerprint density at radius 1 is 1.42 bits per heavy atom. The molecule has 1 fully saturated rings. The van der Waals surface area contributed by atoms with Gasteiger partial charge in [0.25, 0.3) is 11.1 Å². The Hall–Kier alpha value is -1.81. The number of amides is 1. The Morgan fingerprint density at radius 3 is 2.85 bits per heavy atom. The Bertz CT molecular complexity index is 845. The zero-order valence-electron chi connectivity index (χ0n) is 14.6. The van der Waals surface area contributed by atoms with Crippen LogP contribution in [0.4, 0.5) is 0 Å². The second-order valence-corrected chi connectivity index (χ2v) is 9.79. The van der Waals surface area contributed by atoms with Crippen LogP contribution in [0.2, 0.25) is 0 Å². The smallest absolute Gasteiger partial charge is 0.284 e. The predicted molar refractivity (Wildman–Crippen MR) is 96.3 cm³/mol. The molecule has 0 aromatic carbocycles. The van der Waals surface area contributed by atoms with E-state index < -0.39 is 9.84 Å². The first kappa shape index (κ1) is 19.0. The normalized spacial score (nSPS) is 19.1. The highest BCUT2D eigenvalue weighted by Gasteiger charge is 2.34. The monoisotopic (exact) mass is 399 g/mol. The molecule has 0 N–H and O–H groups in total. The number of aromatic nitrogens is 2. The quantitative estimate of drug-likeness (QED) is 0.652. The summed E-state index contributed by atoms with van der Waals surface area (Å²) in [6.07, 6.45) is 2.00. The van der Waals surface area contributed by atoms with Crippen molar-refractivity contribution >= 4 is 27.5 Å². The number of furan rings is 1. The van der Waals surface area contributed by atoms with Gasteiger partial charge < -0.3 is 13.7 Å². The van der Waals surface area contributed by atoms with E-state index in [-0.39, 0.29) is 46.2 Å². The molecule has 0 saturated carbocycles. The Labute approximate surface area is 156 Å². The minimum Gasteiger partial charge on any atom is -0.459 e. The van der Waals surface area contributed by atoms with Crippen molar-refractivity contribution in [3.8, 4) is 11.7 Å². The third-order valence-electron chi connectivity index (χ3n) is 3.99. The van der Waals surface area contributed by atoms with Gasteiger partial charge in [-0.25, -0.2) is 8.42 Å². The van der Waals surface area contributed by atoms with Crippen LogP contribution in [0.5, 0.6) is 0 Å². The summed E-state index contributed by atoms with van der Waals surface area (Å²) < 4.78 is 34.2. The fourth-order valence-electron chi connectivity index (χ4n) is 2.84. The van der Waals surface area contributed by atoms with E-state index in [2.05, 4.69) is 10.2 Å². The van der Waals surface area contributed by atoms with E-state index in [1.165, 1.54) is 6.26 Å². The van der Waals surface area contributed by atoms with Gasteiger partial charge in [-0.1, -0.05) is 25.6 Å². The van der Waals surface area contributed by atoms with Crippen LogP contribution in [0, 0.1) is 5.92 Å². The highest BCUT2D eigenvalue weighted by Crippen LogP contribution is 2.25. The maximum atomic E-state index is 12.7. The van der Waals surface area contributed by atoms with Gasteiger partial charge in [0.05, 0.1) is 23.5 Å². The average Bonchev–Trinajstić information content (AvgIpc) is 3.30. The van der Waals surface area contributed by atoms with Crippen LogP contribution in [0.3, 0.4) is 0 Å². The Kier molecular flexibility index (Phi) is 5.71. The molecule has 0 radical (unpaired) electrons. The van der Waals surface area contributed by atoms with Gasteiger partial charge in [-0.15, -0.1) is 10.2 Å². The molecule has 2 aromatic heterocycles. The van der Waals surface area contributed by atoms with Gasteiger partial charge >= 0.3 is 0 Å². The maximum absolute atomic E-state index is 12.7. The molecular weight excluding hydrogens is 378 g/mol. The molecular formula is C16H21N3O5S2. The SMILES string of the molecule is CC(C)CN(C(=O)CSc1nnc(-c2ccco2)o1)[C@H]1CCS(=O)(=O)C1. The molecule has 1 aliphatic rings. The first-order chi connectivity index (χ1) is 12.3. The van der Waals surface area contributed by atoms with Gasteiger partial charge in [0, 0.05) is 12.6 Å². The van der Waals surface area contributed by atoms with Crippen LogP contribution in [-0.2, 0) is 14.6 Å². The topological polar surface area (TPSA) is 107 Å². The molecule has 1 atom stereocenters. The van der Waals surface area contributed by atoms with Crippen molar-refractivity contribution in [2.45, 2.75) is 31.5 Å². The van der Waals surface area contributed by atoms with E-state index in [0.29, 0.717) is 18.7 Å². The molecule has 1 saturated heterocycles. The summed E-state index contributed by atoms with van der Waals surface area (Å²) >= 11 is 1.14. The number of hydrogen-bond donors (Lipinski definition) is 0. The summed E-state index contributed by atoms with van der Waals surface area (Å²) in [7, 11) is -3.05. The van der Waals surface area contributed by atoms with Crippen molar-refractivity contribution in [3.05, 3.63) is 18.4 Å². The van der Waals surface area contributed by atoms with Gasteiger partial charge in [-0.3, -0.25) is 4.79 Å². The van der Waals surface area contributed by atoms with Crippen molar-refractivity contribution in [1.82, 2.24) is 15.1 Å². The average molecular weight is 399 g/mol. The third-order valence-corrected chi connectivity index (χ3v) is 6.54. The molecule has 10 heteroatoms. The fraction of sp³-hybridized carbons (Fsp3) is 0.562. The summed E-state index contributed by atoms with van der Waals surface area (Å²) in [6.45, 7) is 4.54. The molecule has 0 unspecified atom stereocenters. The molecule has 1 aliphatic heterocycles. The molecule has 142 valence electrons. The summed E-state index contributed by atoms with van der Waals surface area (Å²) in [5.41, 5.74) is 0. The fourth-order valence-corrected chi connectivity index (χ4v) is 5.22. The molecule has 0 bridgehead atoms. The van der Waals surface area contributed by atoms with Gasteiger partial charge in [0.15, 0.2) is 15.6 Å². The van der Waals surface area contributed by atoms with Crippen molar-refractivity contribution in [3.63, 3.8) is 0 Å². The lowest BCUT2D eigenvalue weighted by molar-refractivity contribution is -0.130. The Morgan fingerprint density at radius 2 is 2.23 bits per heavy atom. The van der Waals surface area contributed by atoms with Gasteiger partial charge in [0.2, 0.25) is 5.91 Å². The lowest BCUT2D eigenvalue weighted by Crippen LogP contribution is -2.44. The second-order valence-electron chi connectivity index (χ2n) is 6.64. The lowest BCUT2D eigenvalue weighted by atomic mass is 10.1. The number of rotatable bonds is 7. The van der Waals surface area contributed by atoms with E-state index in [1.54, 1.807) is 17.0 Å². The number of sulfone groups is 1. The van der Waals surface area contributed by atoms with Crippen LogP contribution >= 0.6 is 11.8 Å². The van der Waals surface area contributed by atoms with E-state index in [9.17, 15) is 13.2 Å². The van der Waals surface area contributed by atoms with E-state index >= 15 is 0 Å². The first-order valence-corrected chi connectivity index (χ1v) is 11.1. The van der Waals surface area contributed by atoms with Gasteiger partial charge in [-0.05, 0) is 24.5 Å². The maximum Gasteiger partial charge on any atom is 0.284 e. The summed E-state index contributed by atoms with van der Waals surface area (Å²) in [6, 6.07) is 3.17. The molecule has 3 heterocycles. The van der Waals surface area contributed by atoms with Crippen LogP contribution in [0.1, 0.15) is 20.3 Å². The highest BCUT2D eigenvalue weighted by molar-refractivity contribution is 7.99. The lowest BCUT2D eigenvalue weighted by Gasteiger charge is -2.29. The van der Waals surface area contributed by atoms with Crippen molar-refractivity contribution in [2.75, 3.05) is 23.8 Å². The number of thioether (sulfide) groups is 1. The van der Waals surface area contributed by atoms with Crippen molar-refractivity contribution < 1.29 is 22.0 Å². The molecule has 1 amide bonds. The molecule has 0 aliphatic carbocycles. The van der Waals surface area contributed by atoms with Crippen LogP contribution in [-0.4, -0.2) is 59.3 Å². The van der Waals surface area contributed by atoms with E-state index in [0.717, 1.165) is 11.8 Å². The molecule has 0 spiro atoms.